The summed E-state index contributed by atoms with van der Waals surface area (Å²) in [4.78, 5) is 11.0. The molecule has 4 nitrogen and oxygen atoms in total. The molecule has 0 aliphatic rings. The van der Waals surface area contributed by atoms with E-state index in [1.165, 1.54) is 6.92 Å². The number of phenolic OH excluding ortho intramolecular Hbond substituents is 1. The van der Waals surface area contributed by atoms with Gasteiger partial charge in [0.1, 0.15) is 18.1 Å². The van der Waals surface area contributed by atoms with Crippen LogP contribution in [-0.4, -0.2) is 11.0 Å². The first kappa shape index (κ1) is 13.0. The molecule has 0 unspecified atom stereocenters. The van der Waals surface area contributed by atoms with Crippen molar-refractivity contribution in [3.05, 3.63) is 54.1 Å². The van der Waals surface area contributed by atoms with E-state index < -0.39 is 0 Å². The van der Waals surface area contributed by atoms with Crippen LogP contribution < -0.4 is 10.1 Å². The van der Waals surface area contributed by atoms with Crippen LogP contribution >= 0.6 is 0 Å². The molecule has 2 N–H and O–H groups in total. The van der Waals surface area contributed by atoms with E-state index in [0.717, 1.165) is 11.3 Å². The fraction of sp³-hybridized carbons (Fsp3) is 0.133. The Morgan fingerprint density at radius 3 is 2.74 bits per heavy atom. The predicted octanol–water partition coefficient (Wildman–Crippen LogP) is 2.93. The maximum atomic E-state index is 11.0. The second-order valence-corrected chi connectivity index (χ2v) is 4.17. The van der Waals surface area contributed by atoms with Crippen molar-refractivity contribution in [2.45, 2.75) is 13.5 Å². The summed E-state index contributed by atoms with van der Waals surface area (Å²) < 4.78 is 5.56. The smallest absolute Gasteiger partial charge is 0.221 e. The van der Waals surface area contributed by atoms with Gasteiger partial charge < -0.3 is 15.2 Å². The van der Waals surface area contributed by atoms with Gasteiger partial charge in [-0.05, 0) is 29.8 Å². The first-order valence-corrected chi connectivity index (χ1v) is 5.92. The van der Waals surface area contributed by atoms with E-state index in [1.54, 1.807) is 24.3 Å². The Kier molecular flexibility index (Phi) is 4.03. The van der Waals surface area contributed by atoms with Crippen LogP contribution in [0.5, 0.6) is 11.5 Å². The average molecular weight is 257 g/mol. The summed E-state index contributed by atoms with van der Waals surface area (Å²) in [5, 5.41) is 12.0. The molecule has 19 heavy (non-hydrogen) atoms. The van der Waals surface area contributed by atoms with Crippen LogP contribution in [0.1, 0.15) is 12.5 Å². The number of phenols is 1. The highest BCUT2D eigenvalue weighted by molar-refractivity contribution is 5.88. The fourth-order valence-electron chi connectivity index (χ4n) is 1.68. The second kappa shape index (κ2) is 5.91. The number of rotatable bonds is 4. The molecule has 1 amide bonds. The highest BCUT2D eigenvalue weighted by Gasteiger charge is 2.00. The van der Waals surface area contributed by atoms with E-state index in [1.807, 2.05) is 24.3 Å². The molecule has 0 aliphatic carbocycles. The van der Waals surface area contributed by atoms with Crippen molar-refractivity contribution in [2.75, 3.05) is 5.32 Å². The Bertz CT molecular complexity index is 581. The number of carbonyl (C=O) groups excluding carboxylic acids is 1. The zero-order valence-corrected chi connectivity index (χ0v) is 10.6. The summed E-state index contributed by atoms with van der Waals surface area (Å²) in [5.41, 5.74) is 1.68. The van der Waals surface area contributed by atoms with Crippen molar-refractivity contribution in [2.24, 2.45) is 0 Å². The van der Waals surface area contributed by atoms with Crippen molar-refractivity contribution in [3.8, 4) is 11.5 Å². The monoisotopic (exact) mass is 257 g/mol. The van der Waals surface area contributed by atoms with E-state index in [9.17, 15) is 9.90 Å². The number of aromatic hydroxyl groups is 1. The SMILES string of the molecule is CC(=O)Nc1cccc(COc2cccc(O)c2)c1. The molecule has 2 aromatic carbocycles. The van der Waals surface area contributed by atoms with Crippen molar-refractivity contribution < 1.29 is 14.6 Å². The largest absolute Gasteiger partial charge is 0.508 e. The number of hydrogen-bond donors (Lipinski definition) is 2. The lowest BCUT2D eigenvalue weighted by Crippen LogP contribution is -2.06. The molecule has 0 fully saturated rings. The first-order valence-electron chi connectivity index (χ1n) is 5.92. The Hall–Kier alpha value is -2.49. The molecule has 0 saturated heterocycles. The van der Waals surface area contributed by atoms with Gasteiger partial charge in [0, 0.05) is 18.7 Å². The van der Waals surface area contributed by atoms with Gasteiger partial charge in [0.25, 0.3) is 0 Å². The van der Waals surface area contributed by atoms with Crippen LogP contribution in [0, 0.1) is 0 Å². The van der Waals surface area contributed by atoms with Gasteiger partial charge in [0.15, 0.2) is 0 Å². The van der Waals surface area contributed by atoms with Gasteiger partial charge in [-0.25, -0.2) is 0 Å². The zero-order valence-electron chi connectivity index (χ0n) is 10.6. The third-order valence-electron chi connectivity index (χ3n) is 2.47. The second-order valence-electron chi connectivity index (χ2n) is 4.17. The third-order valence-corrected chi connectivity index (χ3v) is 2.47. The van der Waals surface area contributed by atoms with Crippen molar-refractivity contribution in [3.63, 3.8) is 0 Å². The van der Waals surface area contributed by atoms with Gasteiger partial charge in [-0.3, -0.25) is 4.79 Å². The van der Waals surface area contributed by atoms with Gasteiger partial charge in [0.05, 0.1) is 0 Å². The summed E-state index contributed by atoms with van der Waals surface area (Å²) in [5.74, 6) is 0.667. The summed E-state index contributed by atoms with van der Waals surface area (Å²) >= 11 is 0. The van der Waals surface area contributed by atoms with Crippen LogP contribution in [-0.2, 0) is 11.4 Å². The van der Waals surface area contributed by atoms with Crippen LogP contribution in [0.4, 0.5) is 5.69 Å². The topological polar surface area (TPSA) is 58.6 Å². The zero-order chi connectivity index (χ0) is 13.7. The Morgan fingerprint density at radius 1 is 1.21 bits per heavy atom. The number of ether oxygens (including phenoxy) is 1. The molecule has 0 radical (unpaired) electrons. The Labute approximate surface area is 111 Å². The van der Waals surface area contributed by atoms with Gasteiger partial charge >= 0.3 is 0 Å². The van der Waals surface area contributed by atoms with Crippen molar-refractivity contribution >= 4 is 11.6 Å². The van der Waals surface area contributed by atoms with E-state index in [4.69, 9.17) is 4.74 Å². The molecule has 0 aromatic heterocycles. The minimum Gasteiger partial charge on any atom is -0.508 e. The minimum atomic E-state index is -0.106. The van der Waals surface area contributed by atoms with Gasteiger partial charge in [-0.1, -0.05) is 18.2 Å². The van der Waals surface area contributed by atoms with Crippen molar-refractivity contribution in [1.29, 1.82) is 0 Å². The summed E-state index contributed by atoms with van der Waals surface area (Å²) in [6, 6.07) is 14.1. The molecule has 0 bridgehead atoms. The molecule has 0 saturated carbocycles. The number of carbonyl (C=O) groups is 1. The summed E-state index contributed by atoms with van der Waals surface area (Å²) in [7, 11) is 0. The van der Waals surface area contributed by atoms with Crippen LogP contribution in [0.3, 0.4) is 0 Å². The summed E-state index contributed by atoms with van der Waals surface area (Å²) in [6.07, 6.45) is 0. The molecule has 2 aromatic rings. The lowest BCUT2D eigenvalue weighted by Gasteiger charge is -2.08. The van der Waals surface area contributed by atoms with Crippen LogP contribution in [0.25, 0.3) is 0 Å². The lowest BCUT2D eigenvalue weighted by atomic mass is 10.2. The average Bonchev–Trinajstić information content (AvgIpc) is 2.36. The number of hydrogen-bond acceptors (Lipinski definition) is 3. The molecule has 0 aliphatic heterocycles. The van der Waals surface area contributed by atoms with E-state index in [-0.39, 0.29) is 11.7 Å². The van der Waals surface area contributed by atoms with Gasteiger partial charge in [0.2, 0.25) is 5.91 Å². The number of amides is 1. The molecule has 2 rings (SSSR count). The molecule has 0 atom stereocenters. The van der Waals surface area contributed by atoms with E-state index in [2.05, 4.69) is 5.32 Å². The molecule has 98 valence electrons. The molecule has 4 heteroatoms. The highest BCUT2D eigenvalue weighted by atomic mass is 16.5. The molecule has 0 heterocycles. The fourth-order valence-corrected chi connectivity index (χ4v) is 1.68. The molecular weight excluding hydrogens is 242 g/mol. The Morgan fingerprint density at radius 2 is 2.00 bits per heavy atom. The van der Waals surface area contributed by atoms with Crippen LogP contribution in [0.15, 0.2) is 48.5 Å². The van der Waals surface area contributed by atoms with E-state index in [0.29, 0.717) is 12.4 Å². The van der Waals surface area contributed by atoms with Crippen molar-refractivity contribution in [1.82, 2.24) is 0 Å². The molecular formula is C15H15NO3. The molecule has 0 spiro atoms. The minimum absolute atomic E-state index is 0.106. The highest BCUT2D eigenvalue weighted by Crippen LogP contribution is 2.19. The normalized spacial score (nSPS) is 9.95. The number of anilines is 1. The maximum Gasteiger partial charge on any atom is 0.221 e. The van der Waals surface area contributed by atoms with Crippen LogP contribution in [0.2, 0.25) is 0 Å². The standard InChI is InChI=1S/C15H15NO3/c1-11(17)16-13-5-2-4-12(8-13)10-19-15-7-3-6-14(18)9-15/h2-9,18H,10H2,1H3,(H,16,17). The van der Waals surface area contributed by atoms with Gasteiger partial charge in [-0.2, -0.15) is 0 Å². The Balaban J connectivity index is 2.01. The summed E-state index contributed by atoms with van der Waals surface area (Å²) in [6.45, 7) is 1.84. The first-order chi connectivity index (χ1) is 9.13. The quantitative estimate of drug-likeness (QED) is 0.885. The number of benzene rings is 2. The maximum absolute atomic E-state index is 11.0. The van der Waals surface area contributed by atoms with E-state index >= 15 is 0 Å². The number of nitrogens with one attached hydrogen (secondary N) is 1. The third kappa shape index (κ3) is 4.03. The van der Waals surface area contributed by atoms with Gasteiger partial charge in [-0.15, -0.1) is 0 Å². The lowest BCUT2D eigenvalue weighted by molar-refractivity contribution is -0.114. The predicted molar refractivity (Wildman–Crippen MR) is 73.2 cm³/mol.